The van der Waals surface area contributed by atoms with Crippen LogP contribution in [0, 0.1) is 5.92 Å². The van der Waals surface area contributed by atoms with Crippen molar-refractivity contribution in [2.24, 2.45) is 10.9 Å². The second-order valence-corrected chi connectivity index (χ2v) is 8.70. The van der Waals surface area contributed by atoms with Gasteiger partial charge in [-0.2, -0.15) is 29.2 Å². The molecule has 156 valence electrons. The number of piperidine rings is 1. The molecule has 1 fully saturated rings. The molecule has 0 atom stereocenters. The van der Waals surface area contributed by atoms with Crippen LogP contribution in [0.2, 0.25) is 0 Å². The SMILES string of the molecule is CCNC(=NCC1CCN(S(=O)(=O)C(F)(F)F)CC1)NCCCSC.I. The van der Waals surface area contributed by atoms with E-state index < -0.39 is 15.5 Å². The molecule has 2 N–H and O–H groups in total. The molecule has 1 rings (SSSR count). The summed E-state index contributed by atoms with van der Waals surface area (Å²) in [5.41, 5.74) is -5.23. The number of nitrogens with zero attached hydrogens (tertiary/aromatic N) is 2. The maximum absolute atomic E-state index is 12.6. The van der Waals surface area contributed by atoms with E-state index in [9.17, 15) is 21.6 Å². The Labute approximate surface area is 175 Å². The summed E-state index contributed by atoms with van der Waals surface area (Å²) in [6.07, 6.45) is 3.82. The van der Waals surface area contributed by atoms with Gasteiger partial charge in [-0.1, -0.05) is 0 Å². The molecule has 1 heterocycles. The number of halogens is 4. The van der Waals surface area contributed by atoms with Crippen LogP contribution in [0.25, 0.3) is 0 Å². The van der Waals surface area contributed by atoms with E-state index in [0.29, 0.717) is 29.7 Å². The van der Waals surface area contributed by atoms with Crippen molar-refractivity contribution >= 4 is 51.7 Å². The summed E-state index contributed by atoms with van der Waals surface area (Å²) in [5.74, 6) is 1.83. The van der Waals surface area contributed by atoms with Crippen molar-refractivity contribution < 1.29 is 21.6 Å². The summed E-state index contributed by atoms with van der Waals surface area (Å²) >= 11 is 1.77. The molecule has 0 radical (unpaired) electrons. The van der Waals surface area contributed by atoms with Gasteiger partial charge in [-0.15, -0.1) is 24.0 Å². The van der Waals surface area contributed by atoms with Crippen LogP contribution >= 0.6 is 35.7 Å². The molecule has 0 aromatic rings. The minimum absolute atomic E-state index is 0. The number of thioether (sulfide) groups is 1. The molecule has 6 nitrogen and oxygen atoms in total. The van der Waals surface area contributed by atoms with E-state index in [2.05, 4.69) is 15.6 Å². The number of nitrogens with one attached hydrogen (secondary N) is 2. The van der Waals surface area contributed by atoms with E-state index in [1.807, 2.05) is 13.2 Å². The fourth-order valence-electron chi connectivity index (χ4n) is 2.46. The third-order valence-electron chi connectivity index (χ3n) is 3.88. The highest BCUT2D eigenvalue weighted by Gasteiger charge is 2.50. The standard InChI is InChI=1S/C14H27F3N4O2S2.HI/c1-3-18-13(19-7-4-10-24-2)20-11-12-5-8-21(9-6-12)25(22,23)14(15,16)17;/h12H,3-11H2,1-2H3,(H2,18,19,20);1H. The summed E-state index contributed by atoms with van der Waals surface area (Å²) in [6, 6.07) is 0. The Morgan fingerprint density at radius 1 is 1.27 bits per heavy atom. The highest BCUT2D eigenvalue weighted by atomic mass is 127. The predicted octanol–water partition coefficient (Wildman–Crippen LogP) is 2.47. The Bertz CT molecular complexity index is 525. The van der Waals surface area contributed by atoms with Gasteiger partial charge in [-0.3, -0.25) is 4.99 Å². The van der Waals surface area contributed by atoms with E-state index in [0.717, 1.165) is 25.3 Å². The van der Waals surface area contributed by atoms with Crippen molar-refractivity contribution in [2.45, 2.75) is 31.7 Å². The van der Waals surface area contributed by atoms with Gasteiger partial charge < -0.3 is 10.6 Å². The van der Waals surface area contributed by atoms with Crippen LogP contribution in [0.3, 0.4) is 0 Å². The van der Waals surface area contributed by atoms with Crippen molar-refractivity contribution in [3.8, 4) is 0 Å². The van der Waals surface area contributed by atoms with Crippen LogP contribution in [0.5, 0.6) is 0 Å². The first kappa shape index (κ1) is 26.1. The number of sulfonamides is 1. The van der Waals surface area contributed by atoms with Crippen molar-refractivity contribution in [2.75, 3.05) is 44.7 Å². The lowest BCUT2D eigenvalue weighted by Gasteiger charge is -2.30. The topological polar surface area (TPSA) is 73.8 Å². The molecule has 0 bridgehead atoms. The van der Waals surface area contributed by atoms with Gasteiger partial charge in [0.15, 0.2) is 5.96 Å². The van der Waals surface area contributed by atoms with Crippen LogP contribution in [-0.4, -0.2) is 68.9 Å². The third-order valence-corrected chi connectivity index (χ3v) is 6.20. The molecule has 0 amide bonds. The molecular formula is C14H28F3IN4O2S2. The maximum Gasteiger partial charge on any atom is 0.511 e. The van der Waals surface area contributed by atoms with Crippen LogP contribution in [0.4, 0.5) is 13.2 Å². The number of rotatable bonds is 8. The zero-order valence-electron chi connectivity index (χ0n) is 15.0. The Morgan fingerprint density at radius 2 is 1.88 bits per heavy atom. The third kappa shape index (κ3) is 8.38. The van der Waals surface area contributed by atoms with Crippen molar-refractivity contribution in [3.05, 3.63) is 0 Å². The summed E-state index contributed by atoms with van der Waals surface area (Å²) in [5, 5.41) is 6.35. The van der Waals surface area contributed by atoms with Gasteiger partial charge in [-0.05, 0) is 44.1 Å². The van der Waals surface area contributed by atoms with Crippen molar-refractivity contribution in [3.63, 3.8) is 0 Å². The highest BCUT2D eigenvalue weighted by molar-refractivity contribution is 14.0. The molecule has 1 aliphatic rings. The van der Waals surface area contributed by atoms with E-state index in [-0.39, 0.29) is 43.0 Å². The second-order valence-electron chi connectivity index (χ2n) is 5.79. The van der Waals surface area contributed by atoms with Crippen LogP contribution < -0.4 is 10.6 Å². The predicted molar refractivity (Wildman–Crippen MR) is 112 cm³/mol. The minimum atomic E-state index is -5.23. The molecule has 0 aliphatic carbocycles. The molecule has 0 saturated carbocycles. The lowest BCUT2D eigenvalue weighted by atomic mass is 9.98. The Morgan fingerprint density at radius 3 is 2.38 bits per heavy atom. The molecule has 0 aromatic carbocycles. The first-order chi connectivity index (χ1) is 11.7. The zero-order valence-corrected chi connectivity index (χ0v) is 19.0. The van der Waals surface area contributed by atoms with Gasteiger partial charge in [0.25, 0.3) is 0 Å². The van der Waals surface area contributed by atoms with Crippen LogP contribution in [0.15, 0.2) is 4.99 Å². The number of alkyl halides is 3. The maximum atomic E-state index is 12.6. The quantitative estimate of drug-likeness (QED) is 0.218. The van der Waals surface area contributed by atoms with Crippen LogP contribution in [0.1, 0.15) is 26.2 Å². The summed E-state index contributed by atoms with van der Waals surface area (Å²) in [6.45, 7) is 3.72. The monoisotopic (exact) mass is 532 g/mol. The lowest BCUT2D eigenvalue weighted by molar-refractivity contribution is -0.0496. The number of hydrogen-bond acceptors (Lipinski definition) is 4. The molecule has 26 heavy (non-hydrogen) atoms. The average molecular weight is 532 g/mol. The summed E-state index contributed by atoms with van der Waals surface area (Å²) in [4.78, 5) is 4.47. The Kier molecular flexibility index (Phi) is 12.5. The fraction of sp³-hybridized carbons (Fsp3) is 0.929. The number of hydrogen-bond donors (Lipinski definition) is 2. The highest BCUT2D eigenvalue weighted by Crippen LogP contribution is 2.30. The van der Waals surface area contributed by atoms with Gasteiger partial charge >= 0.3 is 15.5 Å². The molecule has 1 aliphatic heterocycles. The average Bonchev–Trinajstić information content (AvgIpc) is 2.55. The number of aliphatic imine (C=N–C) groups is 1. The molecular weight excluding hydrogens is 504 g/mol. The van der Waals surface area contributed by atoms with Gasteiger partial charge in [0, 0.05) is 32.7 Å². The van der Waals surface area contributed by atoms with Gasteiger partial charge in [0.2, 0.25) is 0 Å². The van der Waals surface area contributed by atoms with E-state index in [1.165, 1.54) is 0 Å². The van der Waals surface area contributed by atoms with Crippen molar-refractivity contribution in [1.29, 1.82) is 0 Å². The van der Waals surface area contributed by atoms with Gasteiger partial charge in [0.1, 0.15) is 0 Å². The van der Waals surface area contributed by atoms with Gasteiger partial charge in [0.05, 0.1) is 0 Å². The fourth-order valence-corrected chi connectivity index (χ4v) is 3.88. The minimum Gasteiger partial charge on any atom is -0.357 e. The molecule has 12 heteroatoms. The zero-order chi connectivity index (χ0) is 18.9. The van der Waals surface area contributed by atoms with E-state index in [4.69, 9.17) is 0 Å². The van der Waals surface area contributed by atoms with E-state index >= 15 is 0 Å². The smallest absolute Gasteiger partial charge is 0.357 e. The Hall–Kier alpha value is 0.0500. The lowest BCUT2D eigenvalue weighted by Crippen LogP contribution is -2.45. The molecule has 0 unspecified atom stereocenters. The normalized spacial score (nSPS) is 17.7. The van der Waals surface area contributed by atoms with Gasteiger partial charge in [-0.25, -0.2) is 8.42 Å². The molecule has 1 saturated heterocycles. The first-order valence-corrected chi connectivity index (χ1v) is 11.1. The van der Waals surface area contributed by atoms with Crippen LogP contribution in [-0.2, 0) is 10.0 Å². The van der Waals surface area contributed by atoms with Crippen molar-refractivity contribution in [1.82, 2.24) is 14.9 Å². The second kappa shape index (κ2) is 12.5. The molecule has 0 spiro atoms. The summed E-state index contributed by atoms with van der Waals surface area (Å²) in [7, 11) is -5.21. The Balaban J connectivity index is 0.00000625. The van der Waals surface area contributed by atoms with E-state index in [1.54, 1.807) is 11.8 Å². The molecule has 0 aromatic heterocycles. The number of guanidine groups is 1. The first-order valence-electron chi connectivity index (χ1n) is 8.30. The largest absolute Gasteiger partial charge is 0.511 e. The summed E-state index contributed by atoms with van der Waals surface area (Å²) < 4.78 is 61.0.